The maximum atomic E-state index is 12.5. The van der Waals surface area contributed by atoms with E-state index in [4.69, 9.17) is 4.74 Å². The summed E-state index contributed by atoms with van der Waals surface area (Å²) in [5, 5.41) is 2.98. The molecule has 1 amide bonds. The molecule has 0 bridgehead atoms. The molecule has 2 rings (SSSR count). The molecule has 0 heterocycles. The monoisotopic (exact) mass is 376 g/mol. The van der Waals surface area contributed by atoms with Crippen LogP contribution in [0.1, 0.15) is 35.3 Å². The van der Waals surface area contributed by atoms with Crippen molar-refractivity contribution >= 4 is 15.9 Å². The fourth-order valence-electron chi connectivity index (χ4n) is 2.49. The lowest BCUT2D eigenvalue weighted by Crippen LogP contribution is -2.28. The summed E-state index contributed by atoms with van der Waals surface area (Å²) >= 11 is 0. The largest absolute Gasteiger partial charge is 0.497 e. The molecule has 2 aromatic rings. The molecule has 0 saturated heterocycles. The van der Waals surface area contributed by atoms with Gasteiger partial charge in [-0.05, 0) is 48.4 Å². The molecule has 0 aromatic heterocycles. The molecule has 26 heavy (non-hydrogen) atoms. The molecule has 1 N–H and O–H groups in total. The van der Waals surface area contributed by atoms with Gasteiger partial charge in [0.2, 0.25) is 10.0 Å². The Bertz CT molecular complexity index is 844. The average molecular weight is 376 g/mol. The molecule has 6 nitrogen and oxygen atoms in total. The lowest BCUT2D eigenvalue weighted by Gasteiger charge is -2.18. The third kappa shape index (κ3) is 4.42. The Balaban J connectivity index is 2.14. The van der Waals surface area contributed by atoms with Gasteiger partial charge in [-0.1, -0.05) is 19.1 Å². The second-order valence-corrected chi connectivity index (χ2v) is 8.17. The van der Waals surface area contributed by atoms with Crippen molar-refractivity contribution in [1.82, 2.24) is 9.62 Å². The summed E-state index contributed by atoms with van der Waals surface area (Å²) in [6, 6.07) is 13.3. The van der Waals surface area contributed by atoms with Crippen LogP contribution in [0, 0.1) is 0 Å². The predicted octanol–water partition coefficient (Wildman–Crippen LogP) is 2.83. The quantitative estimate of drug-likeness (QED) is 0.806. The van der Waals surface area contributed by atoms with Gasteiger partial charge in [-0.2, -0.15) is 0 Å². The third-order valence-corrected chi connectivity index (χ3v) is 5.96. The van der Waals surface area contributed by atoms with Crippen LogP contribution >= 0.6 is 0 Å². The number of hydrogen-bond donors (Lipinski definition) is 1. The first kappa shape index (κ1) is 19.9. The number of amides is 1. The van der Waals surface area contributed by atoms with Crippen molar-refractivity contribution < 1.29 is 17.9 Å². The smallest absolute Gasteiger partial charge is 0.251 e. The van der Waals surface area contributed by atoms with Gasteiger partial charge in [-0.3, -0.25) is 4.79 Å². The number of sulfonamides is 1. The highest BCUT2D eigenvalue weighted by molar-refractivity contribution is 7.89. The zero-order chi connectivity index (χ0) is 19.3. The van der Waals surface area contributed by atoms with Gasteiger partial charge in [0, 0.05) is 19.7 Å². The molecule has 1 atom stereocenters. The van der Waals surface area contributed by atoms with E-state index in [1.807, 2.05) is 31.2 Å². The Hall–Kier alpha value is -2.38. The van der Waals surface area contributed by atoms with E-state index in [1.54, 1.807) is 7.11 Å². The van der Waals surface area contributed by atoms with Crippen molar-refractivity contribution in [2.24, 2.45) is 0 Å². The van der Waals surface area contributed by atoms with E-state index < -0.39 is 10.0 Å². The summed E-state index contributed by atoms with van der Waals surface area (Å²) in [5.41, 5.74) is 1.39. The van der Waals surface area contributed by atoms with E-state index in [1.165, 1.54) is 38.4 Å². The summed E-state index contributed by atoms with van der Waals surface area (Å²) in [4.78, 5) is 12.7. The summed E-state index contributed by atoms with van der Waals surface area (Å²) < 4.78 is 30.5. The van der Waals surface area contributed by atoms with Gasteiger partial charge < -0.3 is 10.1 Å². The van der Waals surface area contributed by atoms with Gasteiger partial charge in [0.25, 0.3) is 5.91 Å². The third-order valence-electron chi connectivity index (χ3n) is 4.13. The van der Waals surface area contributed by atoms with Crippen molar-refractivity contribution in [3.05, 3.63) is 59.7 Å². The van der Waals surface area contributed by atoms with E-state index in [0.29, 0.717) is 5.56 Å². The maximum Gasteiger partial charge on any atom is 0.251 e. The molecule has 0 saturated carbocycles. The van der Waals surface area contributed by atoms with Gasteiger partial charge in [0.05, 0.1) is 18.0 Å². The minimum atomic E-state index is -3.51. The van der Waals surface area contributed by atoms with E-state index in [-0.39, 0.29) is 16.8 Å². The van der Waals surface area contributed by atoms with Crippen molar-refractivity contribution in [2.45, 2.75) is 24.3 Å². The van der Waals surface area contributed by atoms with Gasteiger partial charge in [0.1, 0.15) is 5.75 Å². The molecule has 7 heteroatoms. The van der Waals surface area contributed by atoms with Crippen molar-refractivity contribution in [1.29, 1.82) is 0 Å². The number of hydrogen-bond acceptors (Lipinski definition) is 4. The van der Waals surface area contributed by atoms with Gasteiger partial charge in [-0.25, -0.2) is 12.7 Å². The first-order valence-corrected chi connectivity index (χ1v) is 9.71. The van der Waals surface area contributed by atoms with Crippen molar-refractivity contribution in [3.63, 3.8) is 0 Å². The lowest BCUT2D eigenvalue weighted by atomic mass is 10.0. The zero-order valence-corrected chi connectivity index (χ0v) is 16.2. The van der Waals surface area contributed by atoms with Crippen LogP contribution in [0.15, 0.2) is 53.4 Å². The molecule has 0 unspecified atom stereocenters. The van der Waals surface area contributed by atoms with Crippen LogP contribution in [0.4, 0.5) is 0 Å². The Labute approximate surface area is 154 Å². The number of rotatable bonds is 7. The lowest BCUT2D eigenvalue weighted by molar-refractivity contribution is 0.0935. The van der Waals surface area contributed by atoms with E-state index in [2.05, 4.69) is 5.32 Å². The predicted molar refractivity (Wildman–Crippen MR) is 101 cm³/mol. The fraction of sp³-hybridized carbons (Fsp3) is 0.316. The first-order valence-electron chi connectivity index (χ1n) is 8.27. The Morgan fingerprint density at radius 2 is 1.65 bits per heavy atom. The number of benzene rings is 2. The van der Waals surface area contributed by atoms with Crippen LogP contribution in [0.3, 0.4) is 0 Å². The van der Waals surface area contributed by atoms with Gasteiger partial charge >= 0.3 is 0 Å². The van der Waals surface area contributed by atoms with Gasteiger partial charge in [-0.15, -0.1) is 0 Å². The molecule has 0 aliphatic carbocycles. The number of methoxy groups -OCH3 is 1. The summed E-state index contributed by atoms with van der Waals surface area (Å²) in [6.07, 6.45) is 0.727. The Kier molecular flexibility index (Phi) is 6.39. The molecule has 0 fully saturated rings. The Morgan fingerprint density at radius 3 is 2.12 bits per heavy atom. The topological polar surface area (TPSA) is 75.7 Å². The number of carbonyl (C=O) groups is 1. The fourth-order valence-corrected chi connectivity index (χ4v) is 3.39. The van der Waals surface area contributed by atoms with Crippen LogP contribution < -0.4 is 10.1 Å². The van der Waals surface area contributed by atoms with Crippen LogP contribution in [0.25, 0.3) is 0 Å². The number of nitrogens with one attached hydrogen (secondary N) is 1. The van der Waals surface area contributed by atoms with Crippen LogP contribution in [0.5, 0.6) is 5.75 Å². The minimum Gasteiger partial charge on any atom is -0.497 e. The number of nitrogens with zero attached hydrogens (tertiary/aromatic N) is 1. The zero-order valence-electron chi connectivity index (χ0n) is 15.4. The van der Waals surface area contributed by atoms with E-state index in [9.17, 15) is 13.2 Å². The summed E-state index contributed by atoms with van der Waals surface area (Å²) in [7, 11) is 1.04. The highest BCUT2D eigenvalue weighted by atomic mass is 32.2. The second kappa shape index (κ2) is 8.33. The molecule has 2 aromatic carbocycles. The highest BCUT2D eigenvalue weighted by Crippen LogP contribution is 2.21. The van der Waals surface area contributed by atoms with Gasteiger partial charge in [0.15, 0.2) is 0 Å². The average Bonchev–Trinajstić information content (AvgIpc) is 2.66. The molecular weight excluding hydrogens is 352 g/mol. The number of ether oxygens (including phenoxy) is 1. The van der Waals surface area contributed by atoms with Crippen LogP contribution in [-0.2, 0) is 10.0 Å². The minimum absolute atomic E-state index is 0.140. The second-order valence-electron chi connectivity index (χ2n) is 6.02. The Morgan fingerprint density at radius 1 is 1.08 bits per heavy atom. The van der Waals surface area contributed by atoms with Crippen LogP contribution in [0.2, 0.25) is 0 Å². The van der Waals surface area contributed by atoms with E-state index >= 15 is 0 Å². The summed E-state index contributed by atoms with van der Waals surface area (Å²) in [6.45, 7) is 1.99. The standard InChI is InChI=1S/C19H24N2O4S/c1-5-18(14-6-10-16(25-4)11-7-14)20-19(22)15-8-12-17(13-9-15)26(23,24)21(2)3/h6-13,18H,5H2,1-4H3,(H,20,22)/t18-/m0/s1. The molecule has 0 spiro atoms. The van der Waals surface area contributed by atoms with E-state index in [0.717, 1.165) is 22.0 Å². The van der Waals surface area contributed by atoms with Crippen LogP contribution in [-0.4, -0.2) is 39.8 Å². The SMILES string of the molecule is CC[C@H](NC(=O)c1ccc(S(=O)(=O)N(C)C)cc1)c1ccc(OC)cc1. The summed E-state index contributed by atoms with van der Waals surface area (Å²) in [5.74, 6) is 0.508. The highest BCUT2D eigenvalue weighted by Gasteiger charge is 2.18. The first-order chi connectivity index (χ1) is 12.3. The van der Waals surface area contributed by atoms with Crippen molar-refractivity contribution in [2.75, 3.05) is 21.2 Å². The molecule has 0 aliphatic rings. The molecular formula is C19H24N2O4S. The molecule has 0 radical (unpaired) electrons. The maximum absolute atomic E-state index is 12.5. The van der Waals surface area contributed by atoms with Crippen molar-refractivity contribution in [3.8, 4) is 5.75 Å². The number of carbonyl (C=O) groups excluding carboxylic acids is 1. The normalized spacial score (nSPS) is 12.7. The molecule has 0 aliphatic heterocycles. The molecule has 140 valence electrons.